The second-order valence-electron chi connectivity index (χ2n) is 3.84. The summed E-state index contributed by atoms with van der Waals surface area (Å²) in [6, 6.07) is 7.05. The van der Waals surface area contributed by atoms with Gasteiger partial charge in [-0.25, -0.2) is 4.21 Å². The van der Waals surface area contributed by atoms with Gasteiger partial charge < -0.3 is 4.55 Å². The van der Waals surface area contributed by atoms with Gasteiger partial charge >= 0.3 is 0 Å². The monoisotopic (exact) mass is 244 g/mol. The van der Waals surface area contributed by atoms with Crippen molar-refractivity contribution in [1.29, 1.82) is 0 Å². The molecule has 0 amide bonds. The Morgan fingerprint density at radius 1 is 1.40 bits per heavy atom. The summed E-state index contributed by atoms with van der Waals surface area (Å²) in [4.78, 5) is 0.324. The molecule has 0 saturated heterocycles. The molecule has 0 aliphatic carbocycles. The second-order valence-corrected chi connectivity index (χ2v) is 6.61. The first kappa shape index (κ1) is 12.6. The maximum atomic E-state index is 11.1. The highest BCUT2D eigenvalue weighted by atomic mass is 32.8. The molecule has 0 aliphatic rings. The Morgan fingerprint density at radius 3 is 2.33 bits per heavy atom. The Bertz CT molecular complexity index is 407. The van der Waals surface area contributed by atoms with E-state index in [0.717, 1.165) is 12.8 Å². The van der Waals surface area contributed by atoms with Gasteiger partial charge in [0.05, 0.1) is 4.90 Å². The Morgan fingerprint density at radius 2 is 1.93 bits per heavy atom. The molecule has 1 aromatic rings. The number of hydrogen-bond acceptors (Lipinski definition) is 2. The van der Waals surface area contributed by atoms with E-state index in [4.69, 9.17) is 4.55 Å². The minimum absolute atomic E-state index is 0.324. The average Bonchev–Trinajstić information content (AvgIpc) is 2.17. The number of rotatable bonds is 4. The largest absolute Gasteiger partial charge is 0.302 e. The van der Waals surface area contributed by atoms with Gasteiger partial charge in [-0.15, -0.1) is 0 Å². The standard InChI is InChI=1S/C11H16O2S2/c1-3-9(2)8-10-4-6-11(7-5-10)15(12,13)14/h4-7,9H,3,8H2,1-2H3,(H,12,13,14). The van der Waals surface area contributed by atoms with Crippen LogP contribution in [0.4, 0.5) is 0 Å². The molecule has 2 nitrogen and oxygen atoms in total. The summed E-state index contributed by atoms with van der Waals surface area (Å²) in [5.41, 5.74) is 1.19. The maximum Gasteiger partial charge on any atom is 0.171 e. The van der Waals surface area contributed by atoms with E-state index < -0.39 is 8.77 Å². The molecule has 2 atom stereocenters. The van der Waals surface area contributed by atoms with Crippen LogP contribution in [-0.4, -0.2) is 8.76 Å². The first-order valence-corrected chi connectivity index (χ1v) is 7.44. The molecule has 1 N–H and O–H groups in total. The van der Waals surface area contributed by atoms with Crippen LogP contribution in [0.15, 0.2) is 29.2 Å². The van der Waals surface area contributed by atoms with Gasteiger partial charge in [0.2, 0.25) is 0 Å². The summed E-state index contributed by atoms with van der Waals surface area (Å²) in [6.07, 6.45) is 2.14. The zero-order valence-corrected chi connectivity index (χ0v) is 10.6. The van der Waals surface area contributed by atoms with E-state index in [1.807, 2.05) is 12.1 Å². The Labute approximate surface area is 96.2 Å². The Kier molecular flexibility index (Phi) is 4.25. The lowest BCUT2D eigenvalue weighted by Gasteiger charge is -2.08. The summed E-state index contributed by atoms with van der Waals surface area (Å²) in [5.74, 6) is 0.637. The zero-order chi connectivity index (χ0) is 11.5. The molecular formula is C11H16O2S2. The highest BCUT2D eigenvalue weighted by molar-refractivity contribution is 8.29. The molecule has 15 heavy (non-hydrogen) atoms. The van der Waals surface area contributed by atoms with Crippen LogP contribution >= 0.6 is 0 Å². The summed E-state index contributed by atoms with van der Waals surface area (Å²) < 4.78 is 20.3. The van der Waals surface area contributed by atoms with E-state index in [0.29, 0.717) is 10.8 Å². The van der Waals surface area contributed by atoms with Crippen LogP contribution < -0.4 is 0 Å². The molecule has 0 fully saturated rings. The Balaban J connectivity index is 2.82. The van der Waals surface area contributed by atoms with E-state index in [9.17, 15) is 4.21 Å². The molecule has 0 heterocycles. The van der Waals surface area contributed by atoms with Crippen molar-refractivity contribution in [3.05, 3.63) is 29.8 Å². The van der Waals surface area contributed by atoms with Crippen LogP contribution in [0.25, 0.3) is 0 Å². The van der Waals surface area contributed by atoms with E-state index in [2.05, 4.69) is 25.0 Å². The Hall–Kier alpha value is -0.450. The van der Waals surface area contributed by atoms with Crippen LogP contribution in [0.5, 0.6) is 0 Å². The third kappa shape index (κ3) is 3.89. The van der Waals surface area contributed by atoms with Crippen LogP contribution in [0.2, 0.25) is 0 Å². The van der Waals surface area contributed by atoms with Crippen LogP contribution in [0, 0.1) is 5.92 Å². The first-order valence-electron chi connectivity index (χ1n) is 5.00. The lowest BCUT2D eigenvalue weighted by Crippen LogP contribution is -1.99. The molecule has 0 bridgehead atoms. The minimum atomic E-state index is -3.22. The van der Waals surface area contributed by atoms with E-state index in [1.54, 1.807) is 12.1 Å². The van der Waals surface area contributed by atoms with Gasteiger partial charge in [0, 0.05) is 11.2 Å². The SMILES string of the molecule is CCC(C)Cc1ccc(S(=O)(O)=S)cc1. The van der Waals surface area contributed by atoms with Crippen molar-refractivity contribution in [3.8, 4) is 0 Å². The molecule has 4 heteroatoms. The maximum absolute atomic E-state index is 11.1. The minimum Gasteiger partial charge on any atom is -0.302 e. The van der Waals surface area contributed by atoms with E-state index >= 15 is 0 Å². The molecule has 1 rings (SSSR count). The van der Waals surface area contributed by atoms with Crippen molar-refractivity contribution in [1.82, 2.24) is 0 Å². The van der Waals surface area contributed by atoms with Crippen molar-refractivity contribution in [2.24, 2.45) is 5.92 Å². The quantitative estimate of drug-likeness (QED) is 0.885. The molecule has 0 radical (unpaired) electrons. The van der Waals surface area contributed by atoms with E-state index in [1.165, 1.54) is 5.56 Å². The fourth-order valence-electron chi connectivity index (χ4n) is 1.34. The van der Waals surface area contributed by atoms with Crippen molar-refractivity contribution < 1.29 is 8.76 Å². The molecule has 1 aromatic carbocycles. The molecule has 0 aromatic heterocycles. The average molecular weight is 244 g/mol. The van der Waals surface area contributed by atoms with Crippen molar-refractivity contribution in [2.45, 2.75) is 31.6 Å². The van der Waals surface area contributed by atoms with Gasteiger partial charge in [-0.05, 0) is 30.0 Å². The third-order valence-corrected chi connectivity index (χ3v) is 3.95. The highest BCUT2D eigenvalue weighted by Crippen LogP contribution is 2.15. The van der Waals surface area contributed by atoms with Crippen LogP contribution in [-0.2, 0) is 26.4 Å². The normalized spacial score (nSPS) is 17.0. The van der Waals surface area contributed by atoms with Gasteiger partial charge in [-0.1, -0.05) is 32.4 Å². The fraction of sp³-hybridized carbons (Fsp3) is 0.455. The number of benzene rings is 1. The van der Waals surface area contributed by atoms with Gasteiger partial charge in [0.25, 0.3) is 0 Å². The molecule has 0 saturated carbocycles. The van der Waals surface area contributed by atoms with Crippen molar-refractivity contribution >= 4 is 20.0 Å². The smallest absolute Gasteiger partial charge is 0.171 e. The molecule has 0 aliphatic heterocycles. The zero-order valence-electron chi connectivity index (χ0n) is 8.97. The molecule has 2 unspecified atom stereocenters. The third-order valence-electron chi connectivity index (χ3n) is 2.50. The van der Waals surface area contributed by atoms with Gasteiger partial charge in [0.1, 0.15) is 0 Å². The lowest BCUT2D eigenvalue weighted by atomic mass is 9.99. The lowest BCUT2D eigenvalue weighted by molar-refractivity contribution is 0.558. The topological polar surface area (TPSA) is 37.3 Å². The first-order chi connectivity index (χ1) is 6.93. The van der Waals surface area contributed by atoms with E-state index in [-0.39, 0.29) is 0 Å². The molecular weight excluding hydrogens is 228 g/mol. The predicted molar refractivity (Wildman–Crippen MR) is 66.0 cm³/mol. The summed E-state index contributed by atoms with van der Waals surface area (Å²) in [6.45, 7) is 4.35. The van der Waals surface area contributed by atoms with Crippen molar-refractivity contribution in [3.63, 3.8) is 0 Å². The second kappa shape index (κ2) is 5.05. The fourth-order valence-corrected chi connectivity index (χ4v) is 2.16. The number of hydrogen-bond donors (Lipinski definition) is 1. The van der Waals surface area contributed by atoms with Gasteiger partial charge in [-0.2, -0.15) is 0 Å². The summed E-state index contributed by atoms with van der Waals surface area (Å²) >= 11 is 4.49. The molecule has 84 valence electrons. The summed E-state index contributed by atoms with van der Waals surface area (Å²) in [5, 5.41) is 0. The van der Waals surface area contributed by atoms with Crippen LogP contribution in [0.3, 0.4) is 0 Å². The van der Waals surface area contributed by atoms with Gasteiger partial charge in [0.15, 0.2) is 8.77 Å². The summed E-state index contributed by atoms with van der Waals surface area (Å²) in [7, 11) is -3.22. The van der Waals surface area contributed by atoms with Gasteiger partial charge in [-0.3, -0.25) is 0 Å². The van der Waals surface area contributed by atoms with Crippen LogP contribution in [0.1, 0.15) is 25.8 Å². The molecule has 0 spiro atoms. The highest BCUT2D eigenvalue weighted by Gasteiger charge is 2.06. The van der Waals surface area contributed by atoms with Crippen molar-refractivity contribution in [2.75, 3.05) is 0 Å². The predicted octanol–water partition coefficient (Wildman–Crippen LogP) is 2.85.